The van der Waals surface area contributed by atoms with Crippen LogP contribution in [-0.2, 0) is 6.54 Å². The third kappa shape index (κ3) is 2.75. The highest BCUT2D eigenvalue weighted by atomic mass is 79.9. The van der Waals surface area contributed by atoms with Gasteiger partial charge in [-0.05, 0) is 17.7 Å². The van der Waals surface area contributed by atoms with Crippen LogP contribution in [0.15, 0.2) is 57.9 Å². The average Bonchev–Trinajstić information content (AvgIpc) is 3.10. The van der Waals surface area contributed by atoms with Crippen molar-refractivity contribution in [2.45, 2.75) is 6.54 Å². The first-order valence-electron chi connectivity index (χ1n) is 6.22. The van der Waals surface area contributed by atoms with E-state index in [2.05, 4.69) is 21.0 Å². The molecule has 0 atom stereocenters. The number of carboxylic acid groups (broad SMARTS) is 1. The molecule has 106 valence electrons. The number of nitrogens with zero attached hydrogens (tertiary/aromatic N) is 2. The van der Waals surface area contributed by atoms with Crippen molar-refractivity contribution in [3.05, 3.63) is 64.7 Å². The molecule has 0 bridgehead atoms. The number of carboxylic acids is 1. The van der Waals surface area contributed by atoms with Crippen molar-refractivity contribution >= 4 is 21.9 Å². The fourth-order valence-corrected chi connectivity index (χ4v) is 2.48. The fraction of sp³-hybridized carbons (Fsp3) is 0.0667. The van der Waals surface area contributed by atoms with E-state index in [9.17, 15) is 9.90 Å². The lowest BCUT2D eigenvalue weighted by Gasteiger charge is -2.04. The van der Waals surface area contributed by atoms with Gasteiger partial charge < -0.3 is 9.52 Å². The van der Waals surface area contributed by atoms with E-state index in [1.165, 1.54) is 18.7 Å². The van der Waals surface area contributed by atoms with Gasteiger partial charge in [0.05, 0.1) is 19.1 Å². The topological polar surface area (TPSA) is 68.3 Å². The van der Waals surface area contributed by atoms with E-state index >= 15 is 0 Å². The van der Waals surface area contributed by atoms with Gasteiger partial charge in [0.1, 0.15) is 11.3 Å². The zero-order valence-corrected chi connectivity index (χ0v) is 12.4. The van der Waals surface area contributed by atoms with Crippen LogP contribution in [0.2, 0.25) is 0 Å². The Kier molecular flexibility index (Phi) is 3.62. The molecule has 2 aromatic heterocycles. The number of hydrogen-bond donors (Lipinski definition) is 1. The lowest BCUT2D eigenvalue weighted by atomic mass is 10.1. The van der Waals surface area contributed by atoms with E-state index in [1.807, 2.05) is 24.3 Å². The Morgan fingerprint density at radius 2 is 2.14 bits per heavy atom. The van der Waals surface area contributed by atoms with Crippen LogP contribution in [0, 0.1) is 0 Å². The van der Waals surface area contributed by atoms with Crippen LogP contribution < -0.4 is 0 Å². The monoisotopic (exact) mass is 346 g/mol. The molecule has 0 aliphatic heterocycles. The summed E-state index contributed by atoms with van der Waals surface area (Å²) in [5.41, 5.74) is 2.24. The first-order chi connectivity index (χ1) is 10.1. The molecular formula is C15H11BrN2O3. The normalized spacial score (nSPS) is 10.7. The number of aromatic carboxylic acids is 1. The standard InChI is InChI=1S/C15H11BrN2O3/c16-13-4-2-1-3-10(13)7-18-8-12(15(19)20)14(17-18)11-5-6-21-9-11/h1-6,8-9H,7H2,(H,19,20). The number of benzene rings is 1. The Morgan fingerprint density at radius 1 is 1.33 bits per heavy atom. The van der Waals surface area contributed by atoms with Crippen molar-refractivity contribution in [3.63, 3.8) is 0 Å². The molecule has 0 radical (unpaired) electrons. The number of carbonyl (C=O) groups is 1. The molecular weight excluding hydrogens is 336 g/mol. The first kappa shape index (κ1) is 13.6. The smallest absolute Gasteiger partial charge is 0.339 e. The van der Waals surface area contributed by atoms with Crippen molar-refractivity contribution in [2.24, 2.45) is 0 Å². The van der Waals surface area contributed by atoms with Crippen molar-refractivity contribution in [2.75, 3.05) is 0 Å². The van der Waals surface area contributed by atoms with Crippen LogP contribution in [0.3, 0.4) is 0 Å². The molecule has 1 N–H and O–H groups in total. The number of hydrogen-bond acceptors (Lipinski definition) is 3. The maximum absolute atomic E-state index is 11.4. The maximum Gasteiger partial charge on any atom is 0.339 e. The lowest BCUT2D eigenvalue weighted by molar-refractivity contribution is 0.0697. The van der Waals surface area contributed by atoms with Crippen LogP contribution >= 0.6 is 15.9 Å². The summed E-state index contributed by atoms with van der Waals surface area (Å²) in [5, 5.41) is 13.7. The number of aromatic nitrogens is 2. The highest BCUT2D eigenvalue weighted by molar-refractivity contribution is 9.10. The molecule has 0 amide bonds. The van der Waals surface area contributed by atoms with Crippen LogP contribution in [0.4, 0.5) is 0 Å². The van der Waals surface area contributed by atoms with E-state index in [0.717, 1.165) is 10.0 Å². The zero-order valence-electron chi connectivity index (χ0n) is 10.9. The van der Waals surface area contributed by atoms with Gasteiger partial charge in [0, 0.05) is 16.2 Å². The van der Waals surface area contributed by atoms with E-state index in [4.69, 9.17) is 4.42 Å². The SMILES string of the molecule is O=C(O)c1cn(Cc2ccccc2Br)nc1-c1ccoc1. The summed E-state index contributed by atoms with van der Waals surface area (Å²) in [4.78, 5) is 11.4. The number of halogens is 1. The fourth-order valence-electron chi connectivity index (χ4n) is 2.07. The summed E-state index contributed by atoms with van der Waals surface area (Å²) in [6.07, 6.45) is 4.51. The van der Waals surface area contributed by atoms with Crippen molar-refractivity contribution in [3.8, 4) is 11.3 Å². The van der Waals surface area contributed by atoms with Gasteiger partial charge in [-0.1, -0.05) is 34.1 Å². The van der Waals surface area contributed by atoms with E-state index < -0.39 is 5.97 Å². The molecule has 6 heteroatoms. The Labute approximate surface area is 129 Å². The van der Waals surface area contributed by atoms with Gasteiger partial charge in [-0.25, -0.2) is 4.79 Å². The molecule has 0 saturated heterocycles. The van der Waals surface area contributed by atoms with Gasteiger partial charge in [0.2, 0.25) is 0 Å². The molecule has 0 spiro atoms. The minimum atomic E-state index is -1.01. The third-order valence-electron chi connectivity index (χ3n) is 3.08. The van der Waals surface area contributed by atoms with E-state index in [0.29, 0.717) is 17.8 Å². The first-order valence-corrected chi connectivity index (χ1v) is 7.01. The predicted octanol–water partition coefficient (Wildman–Crippen LogP) is 3.65. The third-order valence-corrected chi connectivity index (χ3v) is 3.85. The summed E-state index contributed by atoms with van der Waals surface area (Å²) in [6, 6.07) is 9.45. The Hall–Kier alpha value is -2.34. The molecule has 0 aliphatic rings. The molecule has 2 heterocycles. The van der Waals surface area contributed by atoms with Gasteiger partial charge in [0.25, 0.3) is 0 Å². The van der Waals surface area contributed by atoms with Crippen molar-refractivity contribution in [1.82, 2.24) is 9.78 Å². The summed E-state index contributed by atoms with van der Waals surface area (Å²) in [6.45, 7) is 0.486. The van der Waals surface area contributed by atoms with Crippen LogP contribution in [0.25, 0.3) is 11.3 Å². The summed E-state index contributed by atoms with van der Waals surface area (Å²) < 4.78 is 7.58. The second-order valence-electron chi connectivity index (χ2n) is 4.50. The minimum absolute atomic E-state index is 0.156. The molecule has 0 aliphatic carbocycles. The Morgan fingerprint density at radius 3 is 2.81 bits per heavy atom. The van der Waals surface area contributed by atoms with Crippen LogP contribution in [0.5, 0.6) is 0 Å². The zero-order chi connectivity index (χ0) is 14.8. The molecule has 0 unspecified atom stereocenters. The van der Waals surface area contributed by atoms with Gasteiger partial charge in [-0.2, -0.15) is 5.10 Å². The van der Waals surface area contributed by atoms with E-state index in [1.54, 1.807) is 10.7 Å². The van der Waals surface area contributed by atoms with Crippen molar-refractivity contribution < 1.29 is 14.3 Å². The highest BCUT2D eigenvalue weighted by Gasteiger charge is 2.18. The molecule has 1 aromatic carbocycles. The molecule has 21 heavy (non-hydrogen) atoms. The van der Waals surface area contributed by atoms with E-state index in [-0.39, 0.29) is 5.56 Å². The maximum atomic E-state index is 11.4. The molecule has 3 rings (SSSR count). The van der Waals surface area contributed by atoms with Gasteiger partial charge in [0.15, 0.2) is 0 Å². The molecule has 3 aromatic rings. The molecule has 0 fully saturated rings. The van der Waals surface area contributed by atoms with Gasteiger partial charge >= 0.3 is 5.97 Å². The second-order valence-corrected chi connectivity index (χ2v) is 5.35. The second kappa shape index (κ2) is 5.57. The lowest BCUT2D eigenvalue weighted by Crippen LogP contribution is -2.01. The Bertz CT molecular complexity index is 778. The van der Waals surface area contributed by atoms with Crippen LogP contribution in [-0.4, -0.2) is 20.9 Å². The largest absolute Gasteiger partial charge is 0.478 e. The van der Waals surface area contributed by atoms with Crippen LogP contribution in [0.1, 0.15) is 15.9 Å². The summed E-state index contributed by atoms with van der Waals surface area (Å²) in [7, 11) is 0. The summed E-state index contributed by atoms with van der Waals surface area (Å²) >= 11 is 3.47. The molecule has 5 nitrogen and oxygen atoms in total. The molecule has 0 saturated carbocycles. The number of rotatable bonds is 4. The summed E-state index contributed by atoms with van der Waals surface area (Å²) in [5.74, 6) is -1.01. The van der Waals surface area contributed by atoms with Crippen molar-refractivity contribution in [1.29, 1.82) is 0 Å². The van der Waals surface area contributed by atoms with Gasteiger partial charge in [-0.3, -0.25) is 4.68 Å². The minimum Gasteiger partial charge on any atom is -0.478 e. The van der Waals surface area contributed by atoms with Gasteiger partial charge in [-0.15, -0.1) is 0 Å². The Balaban J connectivity index is 2.00. The average molecular weight is 347 g/mol. The number of furan rings is 1. The quantitative estimate of drug-likeness (QED) is 0.782. The highest BCUT2D eigenvalue weighted by Crippen LogP contribution is 2.24. The predicted molar refractivity (Wildman–Crippen MR) is 80.1 cm³/mol.